The van der Waals surface area contributed by atoms with E-state index in [9.17, 15) is 9.59 Å². The summed E-state index contributed by atoms with van der Waals surface area (Å²) in [7, 11) is 0. The van der Waals surface area contributed by atoms with Gasteiger partial charge in [-0.05, 0) is 45.9 Å². The van der Waals surface area contributed by atoms with Gasteiger partial charge in [-0.1, -0.05) is 5.16 Å². The Morgan fingerprint density at radius 1 is 1.00 bits per heavy atom. The molecule has 3 aromatic rings. The molecule has 0 saturated carbocycles. The van der Waals surface area contributed by atoms with Gasteiger partial charge in [0.05, 0.1) is 6.54 Å². The summed E-state index contributed by atoms with van der Waals surface area (Å²) in [5, 5.41) is 4.07. The molecule has 1 aliphatic heterocycles. The SMILES string of the molecule is Cc1cc(-n2c(C)cc(C(=O)CN3CCN(C(=O)c4ccc(C)o4)CC3)c2C)no1. The molecular weight excluding hydrogens is 384 g/mol. The van der Waals surface area contributed by atoms with E-state index in [1.807, 2.05) is 44.4 Å². The van der Waals surface area contributed by atoms with E-state index >= 15 is 0 Å². The second-order valence-corrected chi connectivity index (χ2v) is 7.82. The average Bonchev–Trinajstić information content (AvgIpc) is 3.41. The number of furan rings is 1. The van der Waals surface area contributed by atoms with Crippen molar-refractivity contribution in [2.24, 2.45) is 0 Å². The molecule has 0 bridgehead atoms. The van der Waals surface area contributed by atoms with Gasteiger partial charge in [0.25, 0.3) is 5.91 Å². The standard InChI is InChI=1S/C22H26N4O4/c1-14-11-18(17(4)26(14)21-12-16(3)30-23-21)19(27)13-24-7-9-25(10-8-24)22(28)20-6-5-15(2)29-20/h5-6,11-12H,7-10,13H2,1-4H3. The van der Waals surface area contributed by atoms with Gasteiger partial charge in [0, 0.05) is 49.2 Å². The quantitative estimate of drug-likeness (QED) is 0.602. The van der Waals surface area contributed by atoms with Crippen molar-refractivity contribution in [3.05, 3.63) is 58.5 Å². The van der Waals surface area contributed by atoms with E-state index in [0.717, 1.165) is 22.9 Å². The third-order valence-corrected chi connectivity index (χ3v) is 5.55. The predicted molar refractivity (Wildman–Crippen MR) is 110 cm³/mol. The molecular formula is C22H26N4O4. The van der Waals surface area contributed by atoms with Crippen LogP contribution in [0.15, 0.2) is 33.2 Å². The molecule has 8 nitrogen and oxygen atoms in total. The van der Waals surface area contributed by atoms with E-state index < -0.39 is 0 Å². The first-order valence-corrected chi connectivity index (χ1v) is 10.1. The number of nitrogens with zero attached hydrogens (tertiary/aromatic N) is 4. The van der Waals surface area contributed by atoms with E-state index in [1.165, 1.54) is 0 Å². The van der Waals surface area contributed by atoms with Crippen LogP contribution in [0.1, 0.15) is 43.8 Å². The van der Waals surface area contributed by atoms with Crippen molar-refractivity contribution in [2.45, 2.75) is 27.7 Å². The topological polar surface area (TPSA) is 84.7 Å². The summed E-state index contributed by atoms with van der Waals surface area (Å²) in [5.41, 5.74) is 2.49. The van der Waals surface area contributed by atoms with Crippen molar-refractivity contribution < 1.29 is 18.5 Å². The fourth-order valence-corrected chi connectivity index (χ4v) is 3.96. The first-order chi connectivity index (χ1) is 14.3. The molecule has 1 amide bonds. The fraction of sp³-hybridized carbons (Fsp3) is 0.409. The normalized spacial score (nSPS) is 15.0. The first-order valence-electron chi connectivity index (χ1n) is 10.1. The molecule has 0 aliphatic carbocycles. The van der Waals surface area contributed by atoms with Crippen molar-refractivity contribution in [3.63, 3.8) is 0 Å². The lowest BCUT2D eigenvalue weighted by Crippen LogP contribution is -2.49. The van der Waals surface area contributed by atoms with Crippen LogP contribution in [0.25, 0.3) is 5.82 Å². The molecule has 4 heterocycles. The second kappa shape index (κ2) is 7.95. The van der Waals surface area contributed by atoms with Crippen LogP contribution in [0, 0.1) is 27.7 Å². The van der Waals surface area contributed by atoms with Crippen LogP contribution in [-0.2, 0) is 0 Å². The van der Waals surface area contributed by atoms with Crippen LogP contribution in [0.3, 0.4) is 0 Å². The van der Waals surface area contributed by atoms with Gasteiger partial charge in [-0.15, -0.1) is 0 Å². The van der Waals surface area contributed by atoms with E-state index in [4.69, 9.17) is 8.94 Å². The number of aromatic nitrogens is 2. The zero-order valence-electron chi connectivity index (χ0n) is 17.8. The molecule has 0 aromatic carbocycles. The number of aryl methyl sites for hydroxylation is 3. The molecule has 0 spiro atoms. The summed E-state index contributed by atoms with van der Waals surface area (Å²) in [6.07, 6.45) is 0. The van der Waals surface area contributed by atoms with Crippen LogP contribution in [-0.4, -0.2) is 63.9 Å². The zero-order valence-corrected chi connectivity index (χ0v) is 17.8. The van der Waals surface area contributed by atoms with Gasteiger partial charge in [0.1, 0.15) is 11.5 Å². The van der Waals surface area contributed by atoms with Crippen molar-refractivity contribution in [1.82, 2.24) is 19.5 Å². The minimum Gasteiger partial charge on any atom is -0.456 e. The minimum absolute atomic E-state index is 0.0657. The molecule has 0 atom stereocenters. The largest absolute Gasteiger partial charge is 0.456 e. The van der Waals surface area contributed by atoms with E-state index in [0.29, 0.717) is 49.9 Å². The summed E-state index contributed by atoms with van der Waals surface area (Å²) in [4.78, 5) is 29.4. The van der Waals surface area contributed by atoms with Crippen LogP contribution in [0.4, 0.5) is 0 Å². The Kier molecular flexibility index (Phi) is 5.34. The number of rotatable bonds is 5. The number of hydrogen-bond acceptors (Lipinski definition) is 6. The lowest BCUT2D eigenvalue weighted by molar-refractivity contribution is 0.0595. The van der Waals surface area contributed by atoms with E-state index in [1.54, 1.807) is 17.0 Å². The lowest BCUT2D eigenvalue weighted by Gasteiger charge is -2.33. The number of carbonyl (C=O) groups excluding carboxylic acids is 2. The van der Waals surface area contributed by atoms with Crippen molar-refractivity contribution in [1.29, 1.82) is 0 Å². The number of piperazine rings is 1. The van der Waals surface area contributed by atoms with Gasteiger partial charge >= 0.3 is 0 Å². The number of ketones is 1. The molecule has 1 aliphatic rings. The van der Waals surface area contributed by atoms with Gasteiger partial charge in [-0.25, -0.2) is 0 Å². The number of hydrogen-bond donors (Lipinski definition) is 0. The van der Waals surface area contributed by atoms with Crippen molar-refractivity contribution in [2.75, 3.05) is 32.7 Å². The van der Waals surface area contributed by atoms with Gasteiger partial charge in [0.2, 0.25) is 0 Å². The predicted octanol–water partition coefficient (Wildman–Crippen LogP) is 2.93. The third-order valence-electron chi connectivity index (χ3n) is 5.55. The summed E-state index contributed by atoms with van der Waals surface area (Å²) in [5.74, 6) is 2.47. The third kappa shape index (κ3) is 3.82. The zero-order chi connectivity index (χ0) is 21.4. The van der Waals surface area contributed by atoms with Gasteiger partial charge in [-0.3, -0.25) is 19.1 Å². The molecule has 0 unspecified atom stereocenters. The average molecular weight is 410 g/mol. The Morgan fingerprint density at radius 3 is 2.33 bits per heavy atom. The summed E-state index contributed by atoms with van der Waals surface area (Å²) in [6.45, 7) is 10.3. The van der Waals surface area contributed by atoms with Crippen LogP contribution in [0.5, 0.6) is 0 Å². The van der Waals surface area contributed by atoms with Gasteiger partial charge in [-0.2, -0.15) is 0 Å². The maximum atomic E-state index is 13.0. The Balaban J connectivity index is 1.39. The Labute approximate surface area is 175 Å². The highest BCUT2D eigenvalue weighted by Gasteiger charge is 2.26. The maximum absolute atomic E-state index is 13.0. The van der Waals surface area contributed by atoms with E-state index in [-0.39, 0.29) is 11.7 Å². The number of carbonyl (C=O) groups is 2. The fourth-order valence-electron chi connectivity index (χ4n) is 3.96. The van der Waals surface area contributed by atoms with Crippen molar-refractivity contribution in [3.8, 4) is 5.82 Å². The molecule has 3 aromatic heterocycles. The number of Topliss-reactive ketones (excluding diaryl/α,β-unsaturated/α-hetero) is 1. The minimum atomic E-state index is -0.0967. The highest BCUT2D eigenvalue weighted by molar-refractivity contribution is 5.99. The molecule has 0 radical (unpaired) electrons. The monoisotopic (exact) mass is 410 g/mol. The van der Waals surface area contributed by atoms with Crippen LogP contribution < -0.4 is 0 Å². The highest BCUT2D eigenvalue weighted by atomic mass is 16.5. The molecule has 8 heteroatoms. The summed E-state index contributed by atoms with van der Waals surface area (Å²) in [6, 6.07) is 7.25. The van der Waals surface area contributed by atoms with Crippen LogP contribution >= 0.6 is 0 Å². The second-order valence-electron chi connectivity index (χ2n) is 7.82. The molecule has 30 heavy (non-hydrogen) atoms. The Morgan fingerprint density at radius 2 is 1.73 bits per heavy atom. The van der Waals surface area contributed by atoms with Gasteiger partial charge < -0.3 is 13.8 Å². The Bertz CT molecular complexity index is 1080. The Hall–Kier alpha value is -3.13. The smallest absolute Gasteiger partial charge is 0.289 e. The first kappa shape index (κ1) is 20.2. The lowest BCUT2D eigenvalue weighted by atomic mass is 10.1. The molecule has 1 saturated heterocycles. The summed E-state index contributed by atoms with van der Waals surface area (Å²) < 4.78 is 12.6. The van der Waals surface area contributed by atoms with E-state index in [2.05, 4.69) is 10.1 Å². The highest BCUT2D eigenvalue weighted by Crippen LogP contribution is 2.22. The van der Waals surface area contributed by atoms with Crippen LogP contribution in [0.2, 0.25) is 0 Å². The molecule has 4 rings (SSSR count). The molecule has 1 fully saturated rings. The van der Waals surface area contributed by atoms with Crippen molar-refractivity contribution >= 4 is 11.7 Å². The summed E-state index contributed by atoms with van der Waals surface area (Å²) >= 11 is 0. The maximum Gasteiger partial charge on any atom is 0.289 e. The number of amides is 1. The van der Waals surface area contributed by atoms with Gasteiger partial charge in [0.15, 0.2) is 17.4 Å². The molecule has 0 N–H and O–H groups in total. The molecule has 158 valence electrons.